The van der Waals surface area contributed by atoms with Crippen LogP contribution in [0.3, 0.4) is 0 Å². The molecule has 1 fully saturated rings. The van der Waals surface area contributed by atoms with E-state index in [0.717, 1.165) is 18.8 Å². The van der Waals surface area contributed by atoms with Crippen molar-refractivity contribution in [1.29, 1.82) is 0 Å². The van der Waals surface area contributed by atoms with Gasteiger partial charge in [-0.15, -0.1) is 0 Å². The predicted octanol–water partition coefficient (Wildman–Crippen LogP) is 3.75. The second-order valence-electron chi connectivity index (χ2n) is 4.98. The zero-order valence-corrected chi connectivity index (χ0v) is 12.4. The Balaban J connectivity index is 1.74. The Morgan fingerprint density at radius 1 is 1.15 bits per heavy atom. The van der Waals surface area contributed by atoms with E-state index >= 15 is 0 Å². The van der Waals surface area contributed by atoms with Crippen molar-refractivity contribution in [3.05, 3.63) is 64.1 Å². The van der Waals surface area contributed by atoms with Crippen molar-refractivity contribution in [2.24, 2.45) is 0 Å². The van der Waals surface area contributed by atoms with Crippen molar-refractivity contribution < 1.29 is 9.90 Å². The fourth-order valence-corrected chi connectivity index (χ4v) is 2.92. The number of nitrogens with zero attached hydrogens (tertiary/aromatic N) is 1. The van der Waals surface area contributed by atoms with Gasteiger partial charge in [-0.05, 0) is 39.7 Å². The van der Waals surface area contributed by atoms with Gasteiger partial charge in [0.25, 0.3) is 0 Å². The second-order valence-corrected chi connectivity index (χ2v) is 5.84. The van der Waals surface area contributed by atoms with E-state index in [0.29, 0.717) is 16.0 Å². The summed E-state index contributed by atoms with van der Waals surface area (Å²) in [5.74, 6) is -0.369. The topological polar surface area (TPSA) is 40.5 Å². The molecule has 102 valence electrons. The second kappa shape index (κ2) is 5.29. The van der Waals surface area contributed by atoms with Crippen LogP contribution < -0.4 is 4.90 Å². The van der Waals surface area contributed by atoms with Gasteiger partial charge in [-0.1, -0.05) is 30.3 Å². The highest BCUT2D eigenvalue weighted by Gasteiger charge is 2.28. The van der Waals surface area contributed by atoms with E-state index in [9.17, 15) is 4.79 Å². The number of carboxylic acids is 1. The van der Waals surface area contributed by atoms with Crippen molar-refractivity contribution in [3.63, 3.8) is 0 Å². The Hall–Kier alpha value is -1.81. The van der Waals surface area contributed by atoms with Crippen LogP contribution in [-0.4, -0.2) is 24.2 Å². The minimum absolute atomic E-state index is 0.311. The molecule has 3 nitrogen and oxygen atoms in total. The Kier molecular flexibility index (Phi) is 3.49. The molecule has 0 radical (unpaired) electrons. The SMILES string of the molecule is O=C(O)c1cc(N2CC(c3ccccc3)C2)ccc1Br. The summed E-state index contributed by atoms with van der Waals surface area (Å²) in [5, 5.41) is 9.14. The molecular formula is C16H14BrNO2. The van der Waals surface area contributed by atoms with Gasteiger partial charge in [0.2, 0.25) is 0 Å². The quantitative estimate of drug-likeness (QED) is 0.931. The summed E-state index contributed by atoms with van der Waals surface area (Å²) in [5.41, 5.74) is 2.63. The molecule has 0 unspecified atom stereocenters. The molecule has 1 heterocycles. The van der Waals surface area contributed by atoms with E-state index in [1.807, 2.05) is 12.1 Å². The standard InChI is InChI=1S/C16H14BrNO2/c17-15-7-6-13(8-14(15)16(19)20)18-9-12(10-18)11-4-2-1-3-5-11/h1-8,12H,9-10H2,(H,19,20). The first-order chi connectivity index (χ1) is 9.65. The van der Waals surface area contributed by atoms with Crippen molar-refractivity contribution >= 4 is 27.6 Å². The summed E-state index contributed by atoms with van der Waals surface area (Å²) >= 11 is 3.27. The maximum absolute atomic E-state index is 11.1. The van der Waals surface area contributed by atoms with Crippen molar-refractivity contribution in [2.45, 2.75) is 5.92 Å². The fraction of sp³-hybridized carbons (Fsp3) is 0.188. The van der Waals surface area contributed by atoms with Crippen LogP contribution in [-0.2, 0) is 0 Å². The van der Waals surface area contributed by atoms with Gasteiger partial charge in [-0.3, -0.25) is 0 Å². The molecule has 0 aliphatic carbocycles. The summed E-state index contributed by atoms with van der Waals surface area (Å²) < 4.78 is 0.619. The first-order valence-corrected chi connectivity index (χ1v) is 7.27. The Morgan fingerprint density at radius 2 is 1.85 bits per heavy atom. The Morgan fingerprint density at radius 3 is 2.50 bits per heavy atom. The minimum atomic E-state index is -0.904. The summed E-state index contributed by atoms with van der Waals surface area (Å²) in [6.45, 7) is 1.87. The number of hydrogen-bond donors (Lipinski definition) is 1. The van der Waals surface area contributed by atoms with Crippen LogP contribution in [0.5, 0.6) is 0 Å². The van der Waals surface area contributed by atoms with Crippen LogP contribution in [0.1, 0.15) is 21.8 Å². The van der Waals surface area contributed by atoms with Crippen LogP contribution in [0.2, 0.25) is 0 Å². The molecule has 0 spiro atoms. The molecule has 1 aliphatic heterocycles. The highest BCUT2D eigenvalue weighted by atomic mass is 79.9. The summed E-state index contributed by atoms with van der Waals surface area (Å²) in [4.78, 5) is 13.3. The summed E-state index contributed by atoms with van der Waals surface area (Å²) in [6.07, 6.45) is 0. The highest BCUT2D eigenvalue weighted by molar-refractivity contribution is 9.10. The van der Waals surface area contributed by atoms with Gasteiger partial charge >= 0.3 is 5.97 Å². The molecule has 20 heavy (non-hydrogen) atoms. The van der Waals surface area contributed by atoms with Gasteiger partial charge in [0.05, 0.1) is 5.56 Å². The molecule has 0 aromatic heterocycles. The molecule has 2 aromatic rings. The number of rotatable bonds is 3. The monoisotopic (exact) mass is 331 g/mol. The molecule has 1 aliphatic rings. The third kappa shape index (κ3) is 2.43. The number of carbonyl (C=O) groups is 1. The van der Waals surface area contributed by atoms with Gasteiger partial charge in [0.1, 0.15) is 0 Å². The van der Waals surface area contributed by atoms with Gasteiger partial charge in [-0.2, -0.15) is 0 Å². The first-order valence-electron chi connectivity index (χ1n) is 6.48. The van der Waals surface area contributed by atoms with Crippen LogP contribution in [0.25, 0.3) is 0 Å². The normalized spacial score (nSPS) is 14.9. The average molecular weight is 332 g/mol. The first kappa shape index (κ1) is 13.2. The van der Waals surface area contributed by atoms with Gasteiger partial charge in [-0.25, -0.2) is 4.79 Å². The number of carboxylic acid groups (broad SMARTS) is 1. The molecule has 0 atom stereocenters. The lowest BCUT2D eigenvalue weighted by Gasteiger charge is -2.41. The van der Waals surface area contributed by atoms with Crippen LogP contribution in [0, 0.1) is 0 Å². The van der Waals surface area contributed by atoms with E-state index in [-0.39, 0.29) is 0 Å². The summed E-state index contributed by atoms with van der Waals surface area (Å²) in [7, 11) is 0. The Labute approximate surface area is 126 Å². The third-order valence-electron chi connectivity index (χ3n) is 3.70. The molecule has 0 bridgehead atoms. The number of anilines is 1. The zero-order chi connectivity index (χ0) is 14.1. The van der Waals surface area contributed by atoms with Crippen molar-refractivity contribution in [1.82, 2.24) is 0 Å². The average Bonchev–Trinajstić information content (AvgIpc) is 2.40. The number of aromatic carboxylic acids is 1. The fourth-order valence-electron chi connectivity index (χ4n) is 2.50. The predicted molar refractivity (Wildman–Crippen MR) is 82.5 cm³/mol. The lowest BCUT2D eigenvalue weighted by Crippen LogP contribution is -2.45. The molecule has 1 saturated heterocycles. The maximum atomic E-state index is 11.1. The van der Waals surface area contributed by atoms with E-state index in [1.165, 1.54) is 5.56 Å². The van der Waals surface area contributed by atoms with Gasteiger partial charge in [0.15, 0.2) is 0 Å². The molecule has 0 amide bonds. The lowest BCUT2D eigenvalue weighted by molar-refractivity contribution is 0.0696. The third-order valence-corrected chi connectivity index (χ3v) is 4.39. The van der Waals surface area contributed by atoms with Crippen molar-refractivity contribution in [2.75, 3.05) is 18.0 Å². The largest absolute Gasteiger partial charge is 0.478 e. The summed E-state index contributed by atoms with van der Waals surface area (Å²) in [6, 6.07) is 15.9. The molecule has 3 rings (SSSR count). The van der Waals surface area contributed by atoms with Crippen molar-refractivity contribution in [3.8, 4) is 0 Å². The molecule has 0 saturated carbocycles. The maximum Gasteiger partial charge on any atom is 0.336 e. The number of hydrogen-bond acceptors (Lipinski definition) is 2. The lowest BCUT2D eigenvalue weighted by atomic mass is 9.91. The number of benzene rings is 2. The highest BCUT2D eigenvalue weighted by Crippen LogP contribution is 2.33. The smallest absolute Gasteiger partial charge is 0.336 e. The molecule has 1 N–H and O–H groups in total. The van der Waals surface area contributed by atoms with Crippen LogP contribution >= 0.6 is 15.9 Å². The Bertz CT molecular complexity index is 636. The van der Waals surface area contributed by atoms with E-state index in [1.54, 1.807) is 12.1 Å². The van der Waals surface area contributed by atoms with Gasteiger partial charge in [0, 0.05) is 29.2 Å². The van der Waals surface area contributed by atoms with E-state index < -0.39 is 5.97 Å². The van der Waals surface area contributed by atoms with Gasteiger partial charge < -0.3 is 10.0 Å². The molecular weight excluding hydrogens is 318 g/mol. The van der Waals surface area contributed by atoms with E-state index in [4.69, 9.17) is 5.11 Å². The zero-order valence-electron chi connectivity index (χ0n) is 10.8. The van der Waals surface area contributed by atoms with E-state index in [2.05, 4.69) is 45.1 Å². The minimum Gasteiger partial charge on any atom is -0.478 e. The number of halogens is 1. The van der Waals surface area contributed by atoms with Crippen LogP contribution in [0.15, 0.2) is 53.0 Å². The molecule has 2 aromatic carbocycles. The molecule has 4 heteroatoms. The van der Waals surface area contributed by atoms with Crippen LogP contribution in [0.4, 0.5) is 5.69 Å².